The Hall–Kier alpha value is -3.42. The van der Waals surface area contributed by atoms with Crippen LogP contribution in [0.5, 0.6) is 5.75 Å². The third kappa shape index (κ3) is 7.15. The number of rotatable bonds is 9. The number of carbonyl (C=O) groups is 3. The van der Waals surface area contributed by atoms with E-state index in [1.807, 2.05) is 6.92 Å². The largest absolute Gasteiger partial charge is 0.494 e. The van der Waals surface area contributed by atoms with Crippen LogP contribution in [0.25, 0.3) is 0 Å². The second kappa shape index (κ2) is 10.5. The summed E-state index contributed by atoms with van der Waals surface area (Å²) >= 11 is 0. The zero-order chi connectivity index (χ0) is 19.5. The third-order valence-corrected chi connectivity index (χ3v) is 3.46. The van der Waals surface area contributed by atoms with E-state index in [0.717, 1.165) is 0 Å². The summed E-state index contributed by atoms with van der Waals surface area (Å²) in [6.45, 7) is 2.42. The van der Waals surface area contributed by atoms with Gasteiger partial charge in [0.15, 0.2) is 0 Å². The van der Waals surface area contributed by atoms with E-state index < -0.39 is 0 Å². The maximum absolute atomic E-state index is 12.0. The first kappa shape index (κ1) is 19.9. The van der Waals surface area contributed by atoms with E-state index in [1.165, 1.54) is 6.20 Å². The molecule has 8 nitrogen and oxygen atoms in total. The van der Waals surface area contributed by atoms with E-state index in [0.29, 0.717) is 23.6 Å². The molecule has 0 aliphatic rings. The van der Waals surface area contributed by atoms with Crippen molar-refractivity contribution >= 4 is 23.4 Å². The Bertz CT molecular complexity index is 763. The number of ether oxygens (including phenoxy) is 1. The van der Waals surface area contributed by atoms with E-state index in [9.17, 15) is 14.4 Å². The van der Waals surface area contributed by atoms with Gasteiger partial charge in [-0.1, -0.05) is 0 Å². The second-order valence-corrected chi connectivity index (χ2v) is 5.53. The number of amides is 3. The van der Waals surface area contributed by atoms with Crippen molar-refractivity contribution in [1.82, 2.24) is 15.6 Å². The number of anilines is 1. The molecule has 0 bridgehead atoms. The van der Waals surface area contributed by atoms with E-state index in [4.69, 9.17) is 4.74 Å². The van der Waals surface area contributed by atoms with Crippen LogP contribution in [0.2, 0.25) is 0 Å². The van der Waals surface area contributed by atoms with Gasteiger partial charge in [-0.15, -0.1) is 0 Å². The van der Waals surface area contributed by atoms with Crippen LogP contribution in [0, 0.1) is 0 Å². The summed E-state index contributed by atoms with van der Waals surface area (Å²) in [5, 5.41) is 7.78. The fourth-order valence-corrected chi connectivity index (χ4v) is 2.17. The van der Waals surface area contributed by atoms with E-state index in [-0.39, 0.29) is 37.2 Å². The van der Waals surface area contributed by atoms with Crippen molar-refractivity contribution in [3.8, 4) is 5.75 Å². The van der Waals surface area contributed by atoms with Gasteiger partial charge >= 0.3 is 0 Å². The fourth-order valence-electron chi connectivity index (χ4n) is 2.17. The lowest BCUT2D eigenvalue weighted by Crippen LogP contribution is -2.38. The molecule has 27 heavy (non-hydrogen) atoms. The number of nitrogens with zero attached hydrogens (tertiary/aromatic N) is 1. The van der Waals surface area contributed by atoms with Crippen LogP contribution in [0.15, 0.2) is 48.8 Å². The molecule has 0 radical (unpaired) electrons. The number of carbonyl (C=O) groups excluding carboxylic acids is 3. The van der Waals surface area contributed by atoms with Crippen molar-refractivity contribution < 1.29 is 19.1 Å². The summed E-state index contributed by atoms with van der Waals surface area (Å²) in [5.74, 6) is -0.288. The third-order valence-electron chi connectivity index (χ3n) is 3.46. The predicted molar refractivity (Wildman–Crippen MR) is 100 cm³/mol. The molecule has 0 aliphatic heterocycles. The highest BCUT2D eigenvalue weighted by Crippen LogP contribution is 2.11. The quantitative estimate of drug-likeness (QED) is 0.617. The molecule has 0 aliphatic carbocycles. The number of aromatic nitrogens is 1. The van der Waals surface area contributed by atoms with Gasteiger partial charge in [-0.05, 0) is 43.3 Å². The second-order valence-electron chi connectivity index (χ2n) is 5.53. The Kier molecular flexibility index (Phi) is 7.77. The average molecular weight is 370 g/mol. The van der Waals surface area contributed by atoms with Crippen LogP contribution in [0.1, 0.15) is 23.7 Å². The van der Waals surface area contributed by atoms with Crippen LogP contribution in [-0.2, 0) is 9.59 Å². The van der Waals surface area contributed by atoms with Crippen molar-refractivity contribution in [2.24, 2.45) is 0 Å². The number of nitrogens with one attached hydrogen (secondary N) is 3. The monoisotopic (exact) mass is 370 g/mol. The lowest BCUT2D eigenvalue weighted by molar-refractivity contribution is -0.120. The maximum Gasteiger partial charge on any atom is 0.251 e. The molecule has 0 unspecified atom stereocenters. The molecule has 3 N–H and O–H groups in total. The van der Waals surface area contributed by atoms with Crippen LogP contribution < -0.4 is 20.7 Å². The highest BCUT2D eigenvalue weighted by Gasteiger charge is 2.09. The number of benzene rings is 1. The Balaban J connectivity index is 1.65. The van der Waals surface area contributed by atoms with Crippen LogP contribution in [0.4, 0.5) is 5.69 Å². The van der Waals surface area contributed by atoms with Crippen LogP contribution >= 0.6 is 0 Å². The first-order valence-corrected chi connectivity index (χ1v) is 8.56. The molecule has 1 aromatic heterocycles. The normalized spacial score (nSPS) is 9.96. The van der Waals surface area contributed by atoms with E-state index >= 15 is 0 Å². The van der Waals surface area contributed by atoms with E-state index in [2.05, 4.69) is 20.9 Å². The fraction of sp³-hybridized carbons (Fsp3) is 0.263. The first-order chi connectivity index (χ1) is 13.1. The van der Waals surface area contributed by atoms with Crippen molar-refractivity contribution in [1.29, 1.82) is 0 Å². The van der Waals surface area contributed by atoms with Gasteiger partial charge < -0.3 is 20.7 Å². The van der Waals surface area contributed by atoms with Crippen LogP contribution in [0.3, 0.4) is 0 Å². The lowest BCUT2D eigenvalue weighted by Gasteiger charge is -2.08. The van der Waals surface area contributed by atoms with Crippen molar-refractivity contribution in [3.05, 3.63) is 54.4 Å². The summed E-state index contributed by atoms with van der Waals surface area (Å²) < 4.78 is 5.31. The van der Waals surface area contributed by atoms with Gasteiger partial charge in [-0.2, -0.15) is 0 Å². The summed E-state index contributed by atoms with van der Waals surface area (Å²) in [6, 6.07) is 10.1. The SMILES string of the molecule is CCOc1ccc(C(=O)NCC(=O)NCCC(=O)Nc2cccnc2)cc1. The van der Waals surface area contributed by atoms with Crippen LogP contribution in [-0.4, -0.2) is 42.4 Å². The smallest absolute Gasteiger partial charge is 0.251 e. The molecular formula is C19H22N4O4. The molecule has 0 atom stereocenters. The minimum atomic E-state index is -0.372. The number of pyridine rings is 1. The molecule has 3 amide bonds. The zero-order valence-electron chi connectivity index (χ0n) is 15.0. The zero-order valence-corrected chi connectivity index (χ0v) is 15.0. The Labute approximate surface area is 157 Å². The predicted octanol–water partition coefficient (Wildman–Crippen LogP) is 1.36. The van der Waals surface area contributed by atoms with Crippen molar-refractivity contribution in [2.75, 3.05) is 25.0 Å². The Morgan fingerprint density at radius 2 is 1.81 bits per heavy atom. The minimum Gasteiger partial charge on any atom is -0.494 e. The molecule has 0 spiro atoms. The molecule has 8 heteroatoms. The topological polar surface area (TPSA) is 109 Å². The summed E-state index contributed by atoms with van der Waals surface area (Å²) in [4.78, 5) is 39.4. The first-order valence-electron chi connectivity index (χ1n) is 8.56. The molecule has 1 aromatic carbocycles. The van der Waals surface area contributed by atoms with Gasteiger partial charge in [0.05, 0.1) is 25.0 Å². The molecular weight excluding hydrogens is 348 g/mol. The van der Waals surface area contributed by atoms with Gasteiger partial charge in [0.1, 0.15) is 5.75 Å². The minimum absolute atomic E-state index is 0.119. The molecule has 0 saturated heterocycles. The lowest BCUT2D eigenvalue weighted by atomic mass is 10.2. The highest BCUT2D eigenvalue weighted by molar-refractivity contribution is 5.96. The van der Waals surface area contributed by atoms with Gasteiger partial charge in [-0.25, -0.2) is 0 Å². The summed E-state index contributed by atoms with van der Waals surface area (Å²) in [5.41, 5.74) is 1.03. The number of hydrogen-bond acceptors (Lipinski definition) is 5. The maximum atomic E-state index is 12.0. The average Bonchev–Trinajstić information content (AvgIpc) is 2.68. The summed E-state index contributed by atoms with van der Waals surface area (Å²) in [7, 11) is 0. The molecule has 0 fully saturated rings. The summed E-state index contributed by atoms with van der Waals surface area (Å²) in [6.07, 6.45) is 3.26. The van der Waals surface area contributed by atoms with Gasteiger partial charge in [-0.3, -0.25) is 19.4 Å². The van der Waals surface area contributed by atoms with Gasteiger partial charge in [0.2, 0.25) is 11.8 Å². The van der Waals surface area contributed by atoms with Gasteiger partial charge in [0, 0.05) is 24.7 Å². The van der Waals surface area contributed by atoms with Crippen molar-refractivity contribution in [2.45, 2.75) is 13.3 Å². The molecule has 2 aromatic rings. The molecule has 1 heterocycles. The Morgan fingerprint density at radius 1 is 1.04 bits per heavy atom. The number of hydrogen-bond donors (Lipinski definition) is 3. The van der Waals surface area contributed by atoms with E-state index in [1.54, 1.807) is 42.6 Å². The Morgan fingerprint density at radius 3 is 2.48 bits per heavy atom. The molecule has 0 saturated carbocycles. The van der Waals surface area contributed by atoms with Crippen molar-refractivity contribution in [3.63, 3.8) is 0 Å². The molecule has 142 valence electrons. The highest BCUT2D eigenvalue weighted by atomic mass is 16.5. The van der Waals surface area contributed by atoms with Gasteiger partial charge in [0.25, 0.3) is 5.91 Å². The molecule has 2 rings (SSSR count). The standard InChI is InChI=1S/C19H22N4O4/c1-2-27-16-7-5-14(6-8-16)19(26)22-13-18(25)21-11-9-17(24)23-15-4-3-10-20-12-15/h3-8,10,12H,2,9,11,13H2,1H3,(H,21,25)(H,22,26)(H,23,24).